The molecule has 0 aromatic carbocycles. The number of alkyl halides is 3. The highest BCUT2D eigenvalue weighted by Gasteiger charge is 2.41. The van der Waals surface area contributed by atoms with E-state index in [1.807, 2.05) is 0 Å². The molecule has 84 valence electrons. The molecular weight excluding hydrogens is 205 g/mol. The summed E-state index contributed by atoms with van der Waals surface area (Å²) in [6, 6.07) is 4.57. The Balaban J connectivity index is 2.92. The van der Waals surface area contributed by atoms with Crippen molar-refractivity contribution < 1.29 is 13.2 Å². The lowest BCUT2D eigenvalue weighted by Gasteiger charge is -2.22. The summed E-state index contributed by atoms with van der Waals surface area (Å²) in [5.41, 5.74) is 0.0682. The Morgan fingerprint density at radius 2 is 2.00 bits per heavy atom. The first kappa shape index (κ1) is 12.0. The number of aromatic nitrogens is 1. The molecule has 0 bridgehead atoms. The van der Waals surface area contributed by atoms with Gasteiger partial charge in [-0.2, -0.15) is 13.2 Å². The molecule has 0 fully saturated rings. The molecule has 1 rings (SSSR count). The number of nitrogens with zero attached hydrogens (tertiary/aromatic N) is 2. The number of rotatable bonds is 3. The van der Waals surface area contributed by atoms with Crippen LogP contribution in [-0.4, -0.2) is 36.7 Å². The zero-order chi connectivity index (χ0) is 11.5. The van der Waals surface area contributed by atoms with E-state index >= 15 is 0 Å². The van der Waals surface area contributed by atoms with Crippen LogP contribution < -0.4 is 0 Å². The topological polar surface area (TPSA) is 16.1 Å². The van der Waals surface area contributed by atoms with Crippen molar-refractivity contribution in [1.82, 2.24) is 9.88 Å². The van der Waals surface area contributed by atoms with Crippen molar-refractivity contribution in [1.29, 1.82) is 0 Å². The van der Waals surface area contributed by atoms with Gasteiger partial charge >= 0.3 is 6.18 Å². The third-order valence-electron chi connectivity index (χ3n) is 1.99. The minimum atomic E-state index is -4.25. The zero-order valence-corrected chi connectivity index (χ0v) is 8.62. The highest BCUT2D eigenvalue weighted by atomic mass is 19.4. The lowest BCUT2D eigenvalue weighted by Crippen LogP contribution is -2.31. The smallest absolute Gasteiger partial charge is 0.308 e. The van der Waals surface area contributed by atoms with Gasteiger partial charge in [-0.15, -0.1) is 0 Å². The molecule has 1 aromatic rings. The number of likely N-dealkylation sites (N-methyl/N-ethyl adjacent to an activating group) is 1. The van der Waals surface area contributed by atoms with Gasteiger partial charge in [-0.3, -0.25) is 4.98 Å². The fourth-order valence-corrected chi connectivity index (χ4v) is 1.31. The normalized spacial score (nSPS) is 14.3. The first-order valence-electron chi connectivity index (χ1n) is 4.53. The quantitative estimate of drug-likeness (QED) is 0.773. The van der Waals surface area contributed by atoms with Gasteiger partial charge in [0.05, 0.1) is 5.69 Å². The predicted molar refractivity (Wildman–Crippen MR) is 51.6 cm³/mol. The summed E-state index contributed by atoms with van der Waals surface area (Å²) < 4.78 is 38.1. The monoisotopic (exact) mass is 218 g/mol. The molecule has 0 aliphatic carbocycles. The first-order chi connectivity index (χ1) is 6.91. The Bertz CT molecular complexity index is 295. The Kier molecular flexibility index (Phi) is 3.68. The summed E-state index contributed by atoms with van der Waals surface area (Å²) in [6.07, 6.45) is -2.87. The van der Waals surface area contributed by atoms with Gasteiger partial charge in [0.1, 0.15) is 5.92 Å². The summed E-state index contributed by atoms with van der Waals surface area (Å²) in [7, 11) is 3.23. The van der Waals surface area contributed by atoms with E-state index in [-0.39, 0.29) is 12.2 Å². The van der Waals surface area contributed by atoms with Gasteiger partial charge in [0.15, 0.2) is 0 Å². The predicted octanol–water partition coefficient (Wildman–Crippen LogP) is 2.29. The molecule has 1 unspecified atom stereocenters. The molecule has 0 saturated carbocycles. The van der Waals surface area contributed by atoms with Crippen LogP contribution in [0.3, 0.4) is 0 Å². The second-order valence-corrected chi connectivity index (χ2v) is 3.61. The minimum absolute atomic E-state index is 0.0682. The highest BCUT2D eigenvalue weighted by Crippen LogP contribution is 2.33. The van der Waals surface area contributed by atoms with Gasteiger partial charge in [0, 0.05) is 12.7 Å². The SMILES string of the molecule is CN(C)CC(c1ccccn1)C(F)(F)F. The molecule has 0 amide bonds. The molecule has 2 nitrogen and oxygen atoms in total. The molecule has 0 radical (unpaired) electrons. The Morgan fingerprint density at radius 1 is 1.33 bits per heavy atom. The van der Waals surface area contributed by atoms with Gasteiger partial charge in [-0.1, -0.05) is 6.07 Å². The lowest BCUT2D eigenvalue weighted by molar-refractivity contribution is -0.154. The molecule has 0 saturated heterocycles. The summed E-state index contributed by atoms with van der Waals surface area (Å²) >= 11 is 0. The first-order valence-corrected chi connectivity index (χ1v) is 4.53. The fourth-order valence-electron chi connectivity index (χ4n) is 1.31. The van der Waals surface area contributed by atoms with Crippen LogP contribution in [0.4, 0.5) is 13.2 Å². The van der Waals surface area contributed by atoms with Crippen LogP contribution in [0, 0.1) is 0 Å². The van der Waals surface area contributed by atoms with Gasteiger partial charge in [0.25, 0.3) is 0 Å². The molecule has 5 heteroatoms. The number of halogens is 3. The van der Waals surface area contributed by atoms with Crippen LogP contribution in [0.25, 0.3) is 0 Å². The van der Waals surface area contributed by atoms with Crippen LogP contribution in [0.5, 0.6) is 0 Å². The summed E-state index contributed by atoms with van der Waals surface area (Å²) in [6.45, 7) is -0.0828. The Labute approximate surface area is 86.7 Å². The van der Waals surface area contributed by atoms with Gasteiger partial charge in [-0.05, 0) is 26.2 Å². The van der Waals surface area contributed by atoms with E-state index < -0.39 is 12.1 Å². The second kappa shape index (κ2) is 4.61. The van der Waals surface area contributed by atoms with Gasteiger partial charge in [0.2, 0.25) is 0 Å². The van der Waals surface area contributed by atoms with Crippen molar-refractivity contribution >= 4 is 0 Å². The van der Waals surface area contributed by atoms with Crippen molar-refractivity contribution in [3.05, 3.63) is 30.1 Å². The molecule has 0 aliphatic heterocycles. The molecule has 0 spiro atoms. The van der Waals surface area contributed by atoms with Gasteiger partial charge < -0.3 is 4.90 Å². The van der Waals surface area contributed by atoms with Crippen LogP contribution in [0.15, 0.2) is 24.4 Å². The van der Waals surface area contributed by atoms with Crippen molar-refractivity contribution in [3.8, 4) is 0 Å². The molecule has 1 aromatic heterocycles. The Morgan fingerprint density at radius 3 is 2.40 bits per heavy atom. The maximum absolute atomic E-state index is 12.7. The van der Waals surface area contributed by atoms with E-state index in [4.69, 9.17) is 0 Å². The van der Waals surface area contributed by atoms with Crippen LogP contribution in [-0.2, 0) is 0 Å². The van der Waals surface area contributed by atoms with E-state index in [1.54, 1.807) is 26.2 Å². The molecule has 0 N–H and O–H groups in total. The maximum Gasteiger partial charge on any atom is 0.398 e. The van der Waals surface area contributed by atoms with Crippen LogP contribution >= 0.6 is 0 Å². The second-order valence-electron chi connectivity index (χ2n) is 3.61. The fraction of sp³-hybridized carbons (Fsp3) is 0.500. The number of hydrogen-bond donors (Lipinski definition) is 0. The standard InChI is InChI=1S/C10H13F3N2/c1-15(2)7-8(10(11,12)13)9-5-3-4-6-14-9/h3-6,8H,7H2,1-2H3. The number of hydrogen-bond acceptors (Lipinski definition) is 2. The third-order valence-corrected chi connectivity index (χ3v) is 1.99. The van der Waals surface area contributed by atoms with Crippen molar-refractivity contribution in [3.63, 3.8) is 0 Å². The van der Waals surface area contributed by atoms with Gasteiger partial charge in [-0.25, -0.2) is 0 Å². The van der Waals surface area contributed by atoms with E-state index in [9.17, 15) is 13.2 Å². The average Bonchev–Trinajstić information content (AvgIpc) is 2.14. The van der Waals surface area contributed by atoms with Crippen molar-refractivity contribution in [2.75, 3.05) is 20.6 Å². The Hall–Kier alpha value is -1.10. The maximum atomic E-state index is 12.7. The van der Waals surface area contributed by atoms with Crippen LogP contribution in [0.2, 0.25) is 0 Å². The summed E-state index contributed by atoms with van der Waals surface area (Å²) in [4.78, 5) is 5.26. The van der Waals surface area contributed by atoms with E-state index in [1.165, 1.54) is 17.2 Å². The summed E-state index contributed by atoms with van der Waals surface area (Å²) in [5.74, 6) is -1.52. The minimum Gasteiger partial charge on any atom is -0.308 e. The van der Waals surface area contributed by atoms with E-state index in [0.29, 0.717) is 0 Å². The van der Waals surface area contributed by atoms with Crippen LogP contribution in [0.1, 0.15) is 11.6 Å². The largest absolute Gasteiger partial charge is 0.398 e. The van der Waals surface area contributed by atoms with Crippen molar-refractivity contribution in [2.45, 2.75) is 12.1 Å². The third kappa shape index (κ3) is 3.51. The van der Waals surface area contributed by atoms with Crippen molar-refractivity contribution in [2.24, 2.45) is 0 Å². The molecule has 0 aliphatic rings. The lowest BCUT2D eigenvalue weighted by atomic mass is 10.0. The summed E-state index contributed by atoms with van der Waals surface area (Å²) in [5, 5.41) is 0. The molecule has 1 heterocycles. The van der Waals surface area contributed by atoms with E-state index in [2.05, 4.69) is 4.98 Å². The van der Waals surface area contributed by atoms with E-state index in [0.717, 1.165) is 0 Å². The molecule has 15 heavy (non-hydrogen) atoms. The number of pyridine rings is 1. The highest BCUT2D eigenvalue weighted by molar-refractivity contribution is 5.12. The molecule has 1 atom stereocenters. The average molecular weight is 218 g/mol. The molecular formula is C10H13F3N2. The zero-order valence-electron chi connectivity index (χ0n) is 8.62.